The van der Waals surface area contributed by atoms with Crippen molar-refractivity contribution in [3.8, 4) is 0 Å². The van der Waals surface area contributed by atoms with Crippen molar-refractivity contribution in [3.63, 3.8) is 0 Å². The summed E-state index contributed by atoms with van der Waals surface area (Å²) < 4.78 is 52.7. The van der Waals surface area contributed by atoms with Gasteiger partial charge in [0.25, 0.3) is 0 Å². The van der Waals surface area contributed by atoms with Gasteiger partial charge < -0.3 is 9.05 Å². The maximum atomic E-state index is 13.7. The first-order chi connectivity index (χ1) is 13.0. The van der Waals surface area contributed by atoms with E-state index in [0.717, 1.165) is 27.1 Å². The summed E-state index contributed by atoms with van der Waals surface area (Å²) in [6.07, 6.45) is 0.224. The molecule has 0 radical (unpaired) electrons. The molecule has 1 heterocycles. The minimum atomic E-state index is -3.50. The molecule has 3 rings (SSSR count). The number of hydrogen-bond acceptors (Lipinski definition) is 4. The smallest absolute Gasteiger partial charge is 0.308 e. The summed E-state index contributed by atoms with van der Waals surface area (Å²) >= 11 is 1.51. The molecule has 144 valence electrons. The molecular formula is C20H21F2O3PS. The highest BCUT2D eigenvalue weighted by atomic mass is 32.1. The Morgan fingerprint density at radius 1 is 1.00 bits per heavy atom. The zero-order valence-electron chi connectivity index (χ0n) is 15.2. The van der Waals surface area contributed by atoms with Crippen molar-refractivity contribution < 1.29 is 22.4 Å². The molecule has 0 amide bonds. The Labute approximate surface area is 161 Å². The highest BCUT2D eigenvalue weighted by Gasteiger charge is 2.38. The van der Waals surface area contributed by atoms with Gasteiger partial charge in [-0.1, -0.05) is 24.3 Å². The molecule has 0 fully saturated rings. The summed E-state index contributed by atoms with van der Waals surface area (Å²) in [5.74, 6) is -1.83. The number of rotatable bonds is 8. The van der Waals surface area contributed by atoms with E-state index in [1.165, 1.54) is 17.4 Å². The van der Waals surface area contributed by atoms with Crippen LogP contribution in [-0.2, 0) is 20.0 Å². The van der Waals surface area contributed by atoms with Crippen LogP contribution in [0.5, 0.6) is 0 Å². The van der Waals surface area contributed by atoms with Crippen LogP contribution in [0.3, 0.4) is 0 Å². The lowest BCUT2D eigenvalue weighted by Gasteiger charge is -2.25. The topological polar surface area (TPSA) is 35.5 Å². The van der Waals surface area contributed by atoms with Crippen LogP contribution in [0, 0.1) is 11.6 Å². The van der Waals surface area contributed by atoms with Gasteiger partial charge in [-0.25, -0.2) is 8.78 Å². The molecule has 0 aliphatic carbocycles. The molecule has 3 nitrogen and oxygen atoms in total. The minimum Gasteiger partial charge on any atom is -0.308 e. The molecule has 0 aliphatic rings. The average molecular weight is 410 g/mol. The van der Waals surface area contributed by atoms with E-state index in [-0.39, 0.29) is 19.6 Å². The molecule has 0 aliphatic heterocycles. The van der Waals surface area contributed by atoms with Crippen LogP contribution in [0.2, 0.25) is 0 Å². The van der Waals surface area contributed by atoms with E-state index in [0.29, 0.717) is 5.56 Å². The van der Waals surface area contributed by atoms with Gasteiger partial charge in [0.2, 0.25) is 0 Å². The first-order valence-electron chi connectivity index (χ1n) is 8.78. The van der Waals surface area contributed by atoms with Gasteiger partial charge in [-0.2, -0.15) is 0 Å². The summed E-state index contributed by atoms with van der Waals surface area (Å²) in [7, 11) is -3.50. The molecular weight excluding hydrogens is 389 g/mol. The van der Waals surface area contributed by atoms with E-state index in [1.54, 1.807) is 13.8 Å². The second-order valence-electron chi connectivity index (χ2n) is 6.03. The van der Waals surface area contributed by atoms with Gasteiger partial charge in [0.15, 0.2) is 11.6 Å². The van der Waals surface area contributed by atoms with Crippen molar-refractivity contribution >= 4 is 29.0 Å². The van der Waals surface area contributed by atoms with Crippen molar-refractivity contribution in [2.45, 2.75) is 25.9 Å². The largest absolute Gasteiger partial charge is 0.339 e. The van der Waals surface area contributed by atoms with Crippen LogP contribution in [0.4, 0.5) is 8.78 Å². The second-order valence-corrected chi connectivity index (χ2v) is 9.37. The van der Waals surface area contributed by atoms with Crippen LogP contribution < -0.4 is 0 Å². The maximum Gasteiger partial charge on any atom is 0.339 e. The summed E-state index contributed by atoms with van der Waals surface area (Å²) in [6, 6.07) is 13.5. The lowest BCUT2D eigenvalue weighted by molar-refractivity contribution is 0.212. The highest BCUT2D eigenvalue weighted by molar-refractivity contribution is 7.54. The monoisotopic (exact) mass is 410 g/mol. The number of fused-ring (bicyclic) bond motifs is 1. The van der Waals surface area contributed by atoms with Crippen LogP contribution >= 0.6 is 18.9 Å². The zero-order valence-corrected chi connectivity index (χ0v) is 16.9. The molecule has 7 heteroatoms. The van der Waals surface area contributed by atoms with Gasteiger partial charge in [-0.15, -0.1) is 11.3 Å². The molecule has 0 saturated carbocycles. The third kappa shape index (κ3) is 4.46. The Morgan fingerprint density at radius 2 is 1.70 bits per heavy atom. The van der Waals surface area contributed by atoms with Crippen LogP contribution in [0.15, 0.2) is 48.5 Å². The molecule has 0 bridgehead atoms. The maximum absolute atomic E-state index is 13.7. The first kappa shape index (κ1) is 20.2. The van der Waals surface area contributed by atoms with Crippen molar-refractivity contribution in [1.29, 1.82) is 0 Å². The second kappa shape index (κ2) is 8.61. The average Bonchev–Trinajstić information content (AvgIpc) is 3.06. The van der Waals surface area contributed by atoms with Crippen molar-refractivity contribution in [2.75, 3.05) is 13.2 Å². The number of thiophene rings is 1. The van der Waals surface area contributed by atoms with E-state index >= 15 is 0 Å². The molecule has 1 aromatic heterocycles. The summed E-state index contributed by atoms with van der Waals surface area (Å²) in [5, 5.41) is 1.03. The fourth-order valence-electron chi connectivity index (χ4n) is 3.00. The van der Waals surface area contributed by atoms with E-state index in [4.69, 9.17) is 9.05 Å². The molecule has 0 saturated heterocycles. The number of hydrogen-bond donors (Lipinski definition) is 0. The van der Waals surface area contributed by atoms with Gasteiger partial charge in [-0.3, -0.25) is 4.57 Å². The summed E-state index contributed by atoms with van der Waals surface area (Å²) in [5.41, 5.74) is -0.0596. The quantitative estimate of drug-likeness (QED) is 0.386. The fraction of sp³-hybridized carbons (Fsp3) is 0.300. The fourth-order valence-corrected chi connectivity index (χ4v) is 6.57. The molecule has 0 spiro atoms. The third-order valence-electron chi connectivity index (χ3n) is 4.19. The zero-order chi connectivity index (χ0) is 19.4. The van der Waals surface area contributed by atoms with Crippen LogP contribution in [-0.4, -0.2) is 13.2 Å². The molecule has 1 unspecified atom stereocenters. The normalized spacial score (nSPS) is 13.2. The van der Waals surface area contributed by atoms with Crippen molar-refractivity contribution in [3.05, 3.63) is 70.6 Å². The van der Waals surface area contributed by atoms with E-state index in [2.05, 4.69) is 0 Å². The van der Waals surface area contributed by atoms with Gasteiger partial charge in [0.05, 0.1) is 18.9 Å². The molecule has 2 aromatic carbocycles. The Hall–Kier alpha value is -1.59. The lowest BCUT2D eigenvalue weighted by atomic mass is 10.1. The van der Waals surface area contributed by atoms with E-state index in [1.807, 2.05) is 30.3 Å². The predicted molar refractivity (Wildman–Crippen MR) is 105 cm³/mol. The number of halogens is 2. The van der Waals surface area contributed by atoms with Gasteiger partial charge in [0.1, 0.15) is 0 Å². The molecule has 3 aromatic rings. The van der Waals surface area contributed by atoms with Gasteiger partial charge in [0, 0.05) is 9.58 Å². The van der Waals surface area contributed by atoms with Gasteiger partial charge in [-0.05, 0) is 55.5 Å². The highest BCUT2D eigenvalue weighted by Crippen LogP contribution is 2.63. The SMILES string of the molecule is CCOP(=O)(OCC)C(Cc1ccc(F)c(F)c1)c1cc2ccccc2s1. The van der Waals surface area contributed by atoms with E-state index in [9.17, 15) is 13.3 Å². The summed E-state index contributed by atoms with van der Waals surface area (Å²) in [6.45, 7) is 3.98. The van der Waals surface area contributed by atoms with E-state index < -0.39 is 24.9 Å². The number of benzene rings is 2. The Bertz CT molecular complexity index is 930. The molecule has 1 atom stereocenters. The molecule has 27 heavy (non-hydrogen) atoms. The van der Waals surface area contributed by atoms with Crippen LogP contribution in [0.1, 0.15) is 29.9 Å². The standard InChI is InChI=1S/C20H21F2O3PS/c1-3-24-26(23,25-4-2)18(12-14-9-10-16(21)17(22)11-14)20-13-15-7-5-6-8-19(15)27-20/h5-11,13,18H,3-4,12H2,1-2H3. The summed E-state index contributed by atoms with van der Waals surface area (Å²) in [4.78, 5) is 0.839. The molecule has 0 N–H and O–H groups in total. The van der Waals surface area contributed by atoms with Gasteiger partial charge >= 0.3 is 7.60 Å². The van der Waals surface area contributed by atoms with Crippen molar-refractivity contribution in [1.82, 2.24) is 0 Å². The lowest BCUT2D eigenvalue weighted by Crippen LogP contribution is -2.09. The first-order valence-corrected chi connectivity index (χ1v) is 11.2. The Morgan fingerprint density at radius 3 is 2.33 bits per heavy atom. The minimum absolute atomic E-state index is 0.224. The Balaban J connectivity index is 2.06. The third-order valence-corrected chi connectivity index (χ3v) is 8.05. The van der Waals surface area contributed by atoms with Crippen molar-refractivity contribution in [2.24, 2.45) is 0 Å². The van der Waals surface area contributed by atoms with Crippen LogP contribution in [0.25, 0.3) is 10.1 Å². The Kier molecular flexibility index (Phi) is 6.43. The predicted octanol–water partition coefficient (Wildman–Crippen LogP) is 6.73.